The van der Waals surface area contributed by atoms with Crippen LogP contribution < -0.4 is 0 Å². The van der Waals surface area contributed by atoms with E-state index in [4.69, 9.17) is 4.74 Å². The highest BCUT2D eigenvalue weighted by atomic mass is 16.6. The third kappa shape index (κ3) is 2.35. The maximum Gasteiger partial charge on any atom is 0.277 e. The van der Waals surface area contributed by atoms with Gasteiger partial charge in [0.2, 0.25) is 0 Å². The highest BCUT2D eigenvalue weighted by Crippen LogP contribution is 2.35. The van der Waals surface area contributed by atoms with Crippen molar-refractivity contribution in [2.24, 2.45) is 0 Å². The highest BCUT2D eigenvalue weighted by molar-refractivity contribution is 6.26. The lowest BCUT2D eigenvalue weighted by Crippen LogP contribution is -2.41. The normalized spacial score (nSPS) is 13.7. The van der Waals surface area contributed by atoms with Crippen LogP contribution in [-0.2, 0) is 4.74 Å². The molecule has 7 heteroatoms. The Balaban J connectivity index is 2.15. The van der Waals surface area contributed by atoms with E-state index in [0.29, 0.717) is 34.9 Å². The minimum Gasteiger partial charge on any atom is -0.385 e. The number of rotatable bonds is 5. The number of ether oxygens (including phenoxy) is 1. The van der Waals surface area contributed by atoms with Crippen molar-refractivity contribution in [3.05, 3.63) is 51.6 Å². The van der Waals surface area contributed by atoms with Gasteiger partial charge in [-0.2, -0.15) is 0 Å². The Morgan fingerprint density at radius 2 is 1.83 bits per heavy atom. The smallest absolute Gasteiger partial charge is 0.277 e. The van der Waals surface area contributed by atoms with Gasteiger partial charge in [0.25, 0.3) is 17.5 Å². The number of imide groups is 1. The molecule has 0 atom stereocenters. The lowest BCUT2D eigenvalue weighted by molar-refractivity contribution is -0.383. The van der Waals surface area contributed by atoms with Crippen molar-refractivity contribution in [2.45, 2.75) is 6.42 Å². The molecule has 0 radical (unpaired) electrons. The molecule has 1 aliphatic heterocycles. The zero-order valence-electron chi connectivity index (χ0n) is 12.4. The van der Waals surface area contributed by atoms with Gasteiger partial charge in [0, 0.05) is 42.8 Å². The third-order valence-corrected chi connectivity index (χ3v) is 3.90. The van der Waals surface area contributed by atoms with Crippen LogP contribution in [0.2, 0.25) is 0 Å². The van der Waals surface area contributed by atoms with Crippen molar-refractivity contribution in [2.75, 3.05) is 20.3 Å². The molecule has 0 N–H and O–H groups in total. The second-order valence-electron chi connectivity index (χ2n) is 5.23. The summed E-state index contributed by atoms with van der Waals surface area (Å²) >= 11 is 0. The molecule has 0 spiro atoms. The molecule has 118 valence electrons. The van der Waals surface area contributed by atoms with Gasteiger partial charge in [-0.15, -0.1) is 0 Å². The molecule has 0 fully saturated rings. The van der Waals surface area contributed by atoms with E-state index in [1.165, 1.54) is 17.0 Å². The van der Waals surface area contributed by atoms with Crippen LogP contribution in [0.25, 0.3) is 10.8 Å². The van der Waals surface area contributed by atoms with E-state index in [2.05, 4.69) is 0 Å². The minimum absolute atomic E-state index is 0.112. The number of nitro benzene ring substituents is 1. The molecule has 1 heterocycles. The first-order valence-corrected chi connectivity index (χ1v) is 7.11. The Morgan fingerprint density at radius 3 is 2.48 bits per heavy atom. The van der Waals surface area contributed by atoms with E-state index >= 15 is 0 Å². The number of nitrogens with zero attached hydrogens (tertiary/aromatic N) is 2. The van der Waals surface area contributed by atoms with Crippen LogP contribution in [0.4, 0.5) is 5.69 Å². The number of nitro groups is 1. The second kappa shape index (κ2) is 5.77. The van der Waals surface area contributed by atoms with Gasteiger partial charge < -0.3 is 4.74 Å². The second-order valence-corrected chi connectivity index (χ2v) is 5.23. The molecule has 2 amide bonds. The fourth-order valence-electron chi connectivity index (χ4n) is 2.86. The molecule has 2 aromatic carbocycles. The van der Waals surface area contributed by atoms with E-state index in [0.717, 1.165) is 0 Å². The first-order chi connectivity index (χ1) is 11.1. The molecule has 23 heavy (non-hydrogen) atoms. The number of methoxy groups -OCH3 is 1. The molecule has 0 aliphatic carbocycles. The first kappa shape index (κ1) is 15.1. The van der Waals surface area contributed by atoms with E-state index in [1.54, 1.807) is 25.3 Å². The fraction of sp³-hybridized carbons (Fsp3) is 0.250. The van der Waals surface area contributed by atoms with Gasteiger partial charge in [0.15, 0.2) is 0 Å². The van der Waals surface area contributed by atoms with Crippen LogP contribution in [0.15, 0.2) is 30.3 Å². The van der Waals surface area contributed by atoms with Gasteiger partial charge >= 0.3 is 0 Å². The molecule has 0 saturated carbocycles. The van der Waals surface area contributed by atoms with Crippen molar-refractivity contribution in [1.29, 1.82) is 0 Å². The van der Waals surface area contributed by atoms with E-state index in [1.807, 2.05) is 0 Å². The first-order valence-electron chi connectivity index (χ1n) is 7.11. The van der Waals surface area contributed by atoms with Gasteiger partial charge in [-0.25, -0.2) is 0 Å². The van der Waals surface area contributed by atoms with Crippen LogP contribution in [0.1, 0.15) is 27.1 Å². The molecule has 1 aliphatic rings. The Morgan fingerprint density at radius 1 is 1.13 bits per heavy atom. The van der Waals surface area contributed by atoms with Gasteiger partial charge in [-0.3, -0.25) is 24.6 Å². The van der Waals surface area contributed by atoms with Crippen LogP contribution in [0, 0.1) is 10.1 Å². The summed E-state index contributed by atoms with van der Waals surface area (Å²) in [6, 6.07) is 7.47. The Bertz CT molecular complexity index is 808. The molecular weight excluding hydrogens is 300 g/mol. The van der Waals surface area contributed by atoms with Crippen LogP contribution >= 0.6 is 0 Å². The summed E-state index contributed by atoms with van der Waals surface area (Å²) in [7, 11) is 1.55. The third-order valence-electron chi connectivity index (χ3n) is 3.90. The summed E-state index contributed by atoms with van der Waals surface area (Å²) in [6.07, 6.45) is 0.534. The van der Waals surface area contributed by atoms with Crippen LogP contribution in [0.3, 0.4) is 0 Å². The zero-order chi connectivity index (χ0) is 16.6. The number of amides is 2. The lowest BCUT2D eigenvalue weighted by atomic mass is 9.93. The molecule has 0 aromatic heterocycles. The predicted molar refractivity (Wildman–Crippen MR) is 82.5 cm³/mol. The van der Waals surface area contributed by atoms with Crippen molar-refractivity contribution >= 4 is 28.3 Å². The number of hydrogen-bond donors (Lipinski definition) is 0. The summed E-state index contributed by atoms with van der Waals surface area (Å²) in [5.74, 6) is -0.852. The SMILES string of the molecule is COCCCN1C(=O)c2cccc3c([N+](=O)[O-])ccc(c23)C1=O. The van der Waals surface area contributed by atoms with E-state index in [-0.39, 0.29) is 12.2 Å². The number of non-ortho nitro benzene ring substituents is 1. The largest absolute Gasteiger partial charge is 0.385 e. The molecular formula is C16H14N2O5. The van der Waals surface area contributed by atoms with Crippen molar-refractivity contribution in [3.63, 3.8) is 0 Å². The highest BCUT2D eigenvalue weighted by Gasteiger charge is 2.34. The van der Waals surface area contributed by atoms with Gasteiger partial charge in [-0.05, 0) is 24.6 Å². The number of benzene rings is 2. The number of hydrogen-bond acceptors (Lipinski definition) is 5. The summed E-state index contributed by atoms with van der Waals surface area (Å²) in [4.78, 5) is 37.0. The van der Waals surface area contributed by atoms with E-state index in [9.17, 15) is 19.7 Å². The van der Waals surface area contributed by atoms with Crippen molar-refractivity contribution in [1.82, 2.24) is 4.90 Å². The van der Waals surface area contributed by atoms with Gasteiger partial charge in [0.1, 0.15) is 0 Å². The molecule has 0 saturated heterocycles. The van der Waals surface area contributed by atoms with Crippen molar-refractivity contribution < 1.29 is 19.2 Å². The number of carbonyl (C=O) groups is 2. The molecule has 7 nitrogen and oxygen atoms in total. The van der Waals surface area contributed by atoms with Gasteiger partial charge in [0.05, 0.1) is 10.3 Å². The maximum absolute atomic E-state index is 12.6. The monoisotopic (exact) mass is 314 g/mol. The average Bonchev–Trinajstić information content (AvgIpc) is 2.55. The van der Waals surface area contributed by atoms with Gasteiger partial charge in [-0.1, -0.05) is 6.07 Å². The summed E-state index contributed by atoms with van der Waals surface area (Å²) in [5.41, 5.74) is 0.524. The van der Waals surface area contributed by atoms with E-state index < -0.39 is 16.7 Å². The minimum atomic E-state index is -0.511. The molecule has 0 bridgehead atoms. The molecule has 0 unspecified atom stereocenters. The molecule has 3 rings (SSSR count). The lowest BCUT2D eigenvalue weighted by Gasteiger charge is -2.27. The standard InChI is InChI=1S/C16H14N2O5/c1-23-9-3-8-17-15(19)11-5-2-4-10-13(18(21)22)7-6-12(14(10)11)16(17)20/h2,4-7H,3,8-9H2,1H3. The van der Waals surface area contributed by atoms with Crippen LogP contribution in [0.5, 0.6) is 0 Å². The molecule has 2 aromatic rings. The quantitative estimate of drug-likeness (QED) is 0.366. The average molecular weight is 314 g/mol. The number of carbonyl (C=O) groups excluding carboxylic acids is 2. The van der Waals surface area contributed by atoms with Crippen LogP contribution in [-0.4, -0.2) is 41.9 Å². The van der Waals surface area contributed by atoms with Crippen molar-refractivity contribution in [3.8, 4) is 0 Å². The Hall–Kier alpha value is -2.80. The summed E-state index contributed by atoms with van der Waals surface area (Å²) in [5, 5.41) is 11.8. The summed E-state index contributed by atoms with van der Waals surface area (Å²) in [6.45, 7) is 0.687. The Labute approximate surface area is 131 Å². The topological polar surface area (TPSA) is 89.8 Å². The maximum atomic E-state index is 12.6. The Kier molecular flexibility index (Phi) is 3.79. The fourth-order valence-corrected chi connectivity index (χ4v) is 2.86. The predicted octanol–water partition coefficient (Wildman–Crippen LogP) is 2.38. The summed E-state index contributed by atoms with van der Waals surface area (Å²) < 4.78 is 4.95. The zero-order valence-corrected chi connectivity index (χ0v) is 12.4.